The lowest BCUT2D eigenvalue weighted by Crippen LogP contribution is -2.30. The maximum atomic E-state index is 13.3. The van der Waals surface area contributed by atoms with Crippen LogP contribution in [0.3, 0.4) is 0 Å². The van der Waals surface area contributed by atoms with Gasteiger partial charge in [0.2, 0.25) is 10.0 Å². The standard InChI is InChI=1S/C16H18FN3O2S/c1-23(21,22)20-7-3-6-16(20)15-11-18-10-14(19-15)9-12-4-2-5-13(17)8-12/h2,4-5,8,10-11,16H,3,6-7,9H2,1H3/t16-/m0/s1. The molecule has 0 unspecified atom stereocenters. The Morgan fingerprint density at radius 1 is 1.35 bits per heavy atom. The molecule has 0 aliphatic carbocycles. The van der Waals surface area contributed by atoms with E-state index in [1.165, 1.54) is 22.7 Å². The van der Waals surface area contributed by atoms with Gasteiger partial charge in [0.05, 0.1) is 29.9 Å². The van der Waals surface area contributed by atoms with Crippen molar-refractivity contribution in [2.75, 3.05) is 12.8 Å². The molecule has 3 rings (SSSR count). The number of halogens is 1. The number of benzene rings is 1. The van der Waals surface area contributed by atoms with E-state index < -0.39 is 10.0 Å². The third-order valence-electron chi connectivity index (χ3n) is 3.95. The summed E-state index contributed by atoms with van der Waals surface area (Å²) >= 11 is 0. The summed E-state index contributed by atoms with van der Waals surface area (Å²) in [5, 5.41) is 0. The summed E-state index contributed by atoms with van der Waals surface area (Å²) in [5.41, 5.74) is 2.16. The summed E-state index contributed by atoms with van der Waals surface area (Å²) in [4.78, 5) is 8.74. The first-order valence-electron chi connectivity index (χ1n) is 7.45. The van der Waals surface area contributed by atoms with Crippen molar-refractivity contribution < 1.29 is 12.8 Å². The Bertz CT molecular complexity index is 810. The number of hydrogen-bond donors (Lipinski definition) is 0. The van der Waals surface area contributed by atoms with Crippen LogP contribution in [0.5, 0.6) is 0 Å². The van der Waals surface area contributed by atoms with E-state index in [0.29, 0.717) is 24.4 Å². The Kier molecular flexibility index (Phi) is 4.41. The predicted molar refractivity (Wildman–Crippen MR) is 84.8 cm³/mol. The lowest BCUT2D eigenvalue weighted by molar-refractivity contribution is 0.392. The van der Waals surface area contributed by atoms with Gasteiger partial charge in [0.15, 0.2) is 0 Å². The van der Waals surface area contributed by atoms with Crippen LogP contribution in [-0.4, -0.2) is 35.5 Å². The van der Waals surface area contributed by atoms with Gasteiger partial charge in [0.1, 0.15) is 5.82 Å². The first-order chi connectivity index (χ1) is 10.9. The molecule has 5 nitrogen and oxygen atoms in total. The van der Waals surface area contributed by atoms with Crippen molar-refractivity contribution in [1.29, 1.82) is 0 Å². The third-order valence-corrected chi connectivity index (χ3v) is 5.24. The lowest BCUT2D eigenvalue weighted by Gasteiger charge is -2.21. The van der Waals surface area contributed by atoms with Crippen LogP contribution in [0.15, 0.2) is 36.7 Å². The highest BCUT2D eigenvalue weighted by Crippen LogP contribution is 2.32. The number of nitrogens with zero attached hydrogens (tertiary/aromatic N) is 3. The molecule has 1 aliphatic heterocycles. The van der Waals surface area contributed by atoms with E-state index in [2.05, 4.69) is 9.97 Å². The number of aromatic nitrogens is 2. The summed E-state index contributed by atoms with van der Waals surface area (Å²) < 4.78 is 38.5. The minimum Gasteiger partial charge on any atom is -0.261 e. The molecule has 1 aromatic carbocycles. The van der Waals surface area contributed by atoms with Gasteiger partial charge in [-0.15, -0.1) is 0 Å². The Morgan fingerprint density at radius 3 is 2.91 bits per heavy atom. The first kappa shape index (κ1) is 16.0. The van der Waals surface area contributed by atoms with E-state index in [1.807, 2.05) is 6.07 Å². The quantitative estimate of drug-likeness (QED) is 0.860. The van der Waals surface area contributed by atoms with Gasteiger partial charge in [-0.3, -0.25) is 9.97 Å². The van der Waals surface area contributed by atoms with Crippen molar-refractivity contribution in [3.8, 4) is 0 Å². The minimum atomic E-state index is -3.26. The van der Waals surface area contributed by atoms with Crippen molar-refractivity contribution in [3.05, 3.63) is 59.4 Å². The van der Waals surface area contributed by atoms with Gasteiger partial charge in [-0.05, 0) is 30.5 Å². The monoisotopic (exact) mass is 335 g/mol. The molecule has 7 heteroatoms. The van der Waals surface area contributed by atoms with Crippen molar-refractivity contribution >= 4 is 10.0 Å². The second kappa shape index (κ2) is 6.33. The van der Waals surface area contributed by atoms with Crippen LogP contribution in [0, 0.1) is 5.82 Å². The van der Waals surface area contributed by atoms with Crippen molar-refractivity contribution in [3.63, 3.8) is 0 Å². The highest BCUT2D eigenvalue weighted by molar-refractivity contribution is 7.88. The van der Waals surface area contributed by atoms with E-state index in [-0.39, 0.29) is 11.9 Å². The van der Waals surface area contributed by atoms with Crippen molar-refractivity contribution in [2.45, 2.75) is 25.3 Å². The molecule has 1 saturated heterocycles. The fraction of sp³-hybridized carbons (Fsp3) is 0.375. The maximum Gasteiger partial charge on any atom is 0.211 e. The molecule has 0 spiro atoms. The largest absolute Gasteiger partial charge is 0.261 e. The maximum absolute atomic E-state index is 13.3. The van der Waals surface area contributed by atoms with Crippen molar-refractivity contribution in [1.82, 2.24) is 14.3 Å². The Labute approximate surface area is 135 Å². The Hall–Kier alpha value is -1.86. The molecule has 1 fully saturated rings. The molecular weight excluding hydrogens is 317 g/mol. The first-order valence-corrected chi connectivity index (χ1v) is 9.30. The second-order valence-electron chi connectivity index (χ2n) is 5.77. The lowest BCUT2D eigenvalue weighted by atomic mass is 10.1. The molecule has 1 aromatic heterocycles. The fourth-order valence-corrected chi connectivity index (χ4v) is 4.09. The molecule has 1 aliphatic rings. The van der Waals surface area contributed by atoms with Gasteiger partial charge >= 0.3 is 0 Å². The summed E-state index contributed by atoms with van der Waals surface area (Å²) in [7, 11) is -3.26. The van der Waals surface area contributed by atoms with Crippen LogP contribution >= 0.6 is 0 Å². The number of hydrogen-bond acceptors (Lipinski definition) is 4. The normalized spacial score (nSPS) is 19.1. The highest BCUT2D eigenvalue weighted by Gasteiger charge is 2.33. The topological polar surface area (TPSA) is 63.2 Å². The molecule has 0 amide bonds. The zero-order chi connectivity index (χ0) is 16.4. The van der Waals surface area contributed by atoms with E-state index in [4.69, 9.17) is 0 Å². The zero-order valence-corrected chi connectivity index (χ0v) is 13.6. The number of sulfonamides is 1. The number of rotatable bonds is 4. The summed E-state index contributed by atoms with van der Waals surface area (Å²) in [5.74, 6) is -0.286. The van der Waals surface area contributed by atoms with Gasteiger partial charge in [0.25, 0.3) is 0 Å². The molecule has 0 radical (unpaired) electrons. The zero-order valence-electron chi connectivity index (χ0n) is 12.8. The van der Waals surface area contributed by atoms with E-state index in [9.17, 15) is 12.8 Å². The molecule has 122 valence electrons. The van der Waals surface area contributed by atoms with Gasteiger partial charge in [-0.2, -0.15) is 4.31 Å². The summed E-state index contributed by atoms with van der Waals surface area (Å²) in [6.07, 6.45) is 6.48. The third kappa shape index (κ3) is 3.73. The van der Waals surface area contributed by atoms with Gasteiger partial charge in [-0.25, -0.2) is 12.8 Å². The summed E-state index contributed by atoms with van der Waals surface area (Å²) in [6, 6.07) is 6.09. The van der Waals surface area contributed by atoms with E-state index in [0.717, 1.165) is 18.4 Å². The Morgan fingerprint density at radius 2 is 2.17 bits per heavy atom. The van der Waals surface area contributed by atoms with Crippen LogP contribution in [0.2, 0.25) is 0 Å². The minimum absolute atomic E-state index is 0.259. The average Bonchev–Trinajstić information content (AvgIpc) is 2.97. The van der Waals surface area contributed by atoms with Gasteiger partial charge in [-0.1, -0.05) is 12.1 Å². The molecule has 0 bridgehead atoms. The van der Waals surface area contributed by atoms with E-state index in [1.54, 1.807) is 18.5 Å². The van der Waals surface area contributed by atoms with Crippen molar-refractivity contribution in [2.24, 2.45) is 0 Å². The van der Waals surface area contributed by atoms with Crippen LogP contribution < -0.4 is 0 Å². The van der Waals surface area contributed by atoms with E-state index >= 15 is 0 Å². The van der Waals surface area contributed by atoms with Gasteiger partial charge < -0.3 is 0 Å². The average molecular weight is 335 g/mol. The molecule has 0 saturated carbocycles. The van der Waals surface area contributed by atoms with Gasteiger partial charge in [0, 0.05) is 19.2 Å². The fourth-order valence-electron chi connectivity index (χ4n) is 2.96. The van der Waals surface area contributed by atoms with Crippen LogP contribution in [0.4, 0.5) is 4.39 Å². The molecule has 23 heavy (non-hydrogen) atoms. The van der Waals surface area contributed by atoms with Crippen LogP contribution in [0.1, 0.15) is 35.8 Å². The molecule has 2 heterocycles. The summed E-state index contributed by atoms with van der Waals surface area (Å²) in [6.45, 7) is 0.513. The molecular formula is C16H18FN3O2S. The van der Waals surface area contributed by atoms with Crippen LogP contribution in [-0.2, 0) is 16.4 Å². The second-order valence-corrected chi connectivity index (χ2v) is 7.71. The van der Waals surface area contributed by atoms with Crippen LogP contribution in [0.25, 0.3) is 0 Å². The molecule has 1 atom stereocenters. The predicted octanol–water partition coefficient (Wildman–Crippen LogP) is 2.30. The molecule has 0 N–H and O–H groups in total. The SMILES string of the molecule is CS(=O)(=O)N1CCC[C@H]1c1cncc(Cc2cccc(F)c2)n1. The molecule has 2 aromatic rings. The highest BCUT2D eigenvalue weighted by atomic mass is 32.2. The smallest absolute Gasteiger partial charge is 0.211 e. The Balaban J connectivity index is 1.85.